The number of carboxylic acid groups (broad SMARTS) is 1. The van der Waals surface area contributed by atoms with E-state index in [9.17, 15) is 24.3 Å². The molecular weight excluding hydrogens is 925 g/mol. The summed E-state index contributed by atoms with van der Waals surface area (Å²) < 4.78 is 65.9. The lowest BCUT2D eigenvalue weighted by Gasteiger charge is -2.14. The van der Waals surface area contributed by atoms with Gasteiger partial charge in [0.2, 0.25) is 11.8 Å². The molecule has 0 aliphatic rings. The number of amides is 2. The predicted molar refractivity (Wildman–Crippen MR) is 271 cm³/mol. The van der Waals surface area contributed by atoms with Gasteiger partial charge < -0.3 is 72.6 Å². The van der Waals surface area contributed by atoms with Crippen molar-refractivity contribution >= 4 is 23.6 Å². The molecule has 0 rings (SSSR count). The van der Waals surface area contributed by atoms with E-state index in [0.29, 0.717) is 171 Å². The Morgan fingerprint density at radius 3 is 1.00 bits per heavy atom. The molecule has 420 valence electrons. The Kier molecular flexibility index (Phi) is 55.0. The minimum atomic E-state index is -1.14. The fourth-order valence-corrected chi connectivity index (χ4v) is 6.61. The maximum absolute atomic E-state index is 12.3. The van der Waals surface area contributed by atoms with Gasteiger partial charge in [0, 0.05) is 38.3 Å². The van der Waals surface area contributed by atoms with Crippen molar-refractivity contribution in [3.05, 3.63) is 0 Å². The molecular formula is C52H100N2O17. The highest BCUT2D eigenvalue weighted by Crippen LogP contribution is 2.13. The van der Waals surface area contributed by atoms with E-state index < -0.39 is 12.0 Å². The van der Waals surface area contributed by atoms with Crippen LogP contribution in [0.4, 0.5) is 0 Å². The highest BCUT2D eigenvalue weighted by atomic mass is 16.6. The van der Waals surface area contributed by atoms with Gasteiger partial charge in [0.15, 0.2) is 0 Å². The number of hydrogen-bond donors (Lipinski definition) is 3. The zero-order valence-electron chi connectivity index (χ0n) is 44.5. The van der Waals surface area contributed by atoms with Crippen LogP contribution in [-0.2, 0) is 76.0 Å². The van der Waals surface area contributed by atoms with E-state index in [4.69, 9.17) is 56.8 Å². The zero-order valence-corrected chi connectivity index (χ0v) is 44.5. The summed E-state index contributed by atoms with van der Waals surface area (Å²) in [6, 6.07) is -1.09. The highest BCUT2D eigenvalue weighted by molar-refractivity contribution is 5.84. The SMILES string of the molecule is CCCCCCCCCCCCCCCC(=O)N[C@H](CCC(=O)NCCOCCOCCOCCOCCOCCOCCOCCOCCOCCOCCOCCOCCCC(=O)C(C)C)C(=O)O. The molecule has 0 aromatic heterocycles. The van der Waals surface area contributed by atoms with E-state index in [1.807, 2.05) is 13.8 Å². The van der Waals surface area contributed by atoms with Crippen molar-refractivity contribution in [1.29, 1.82) is 0 Å². The Morgan fingerprint density at radius 2 is 0.676 bits per heavy atom. The van der Waals surface area contributed by atoms with E-state index in [0.717, 1.165) is 25.7 Å². The summed E-state index contributed by atoms with van der Waals surface area (Å²) in [7, 11) is 0. The molecule has 0 heterocycles. The molecule has 0 fully saturated rings. The molecule has 71 heavy (non-hydrogen) atoms. The van der Waals surface area contributed by atoms with Crippen molar-refractivity contribution in [3.63, 3.8) is 0 Å². The largest absolute Gasteiger partial charge is 0.480 e. The number of unbranched alkanes of at least 4 members (excludes halogenated alkanes) is 12. The molecule has 0 aliphatic carbocycles. The van der Waals surface area contributed by atoms with E-state index >= 15 is 0 Å². The Morgan fingerprint density at radius 1 is 0.366 bits per heavy atom. The van der Waals surface area contributed by atoms with Crippen LogP contribution in [-0.4, -0.2) is 200 Å². The third-order valence-electron chi connectivity index (χ3n) is 10.8. The fraction of sp³-hybridized carbons (Fsp3) is 0.923. The van der Waals surface area contributed by atoms with Gasteiger partial charge in [-0.3, -0.25) is 14.4 Å². The van der Waals surface area contributed by atoms with Gasteiger partial charge in [-0.2, -0.15) is 0 Å². The van der Waals surface area contributed by atoms with Crippen LogP contribution in [0, 0.1) is 5.92 Å². The van der Waals surface area contributed by atoms with Gasteiger partial charge >= 0.3 is 5.97 Å². The van der Waals surface area contributed by atoms with E-state index in [2.05, 4.69) is 17.6 Å². The van der Waals surface area contributed by atoms with Gasteiger partial charge in [-0.25, -0.2) is 4.79 Å². The molecule has 19 nitrogen and oxygen atoms in total. The summed E-state index contributed by atoms with van der Waals surface area (Å²) in [5.74, 6) is -1.36. The summed E-state index contributed by atoms with van der Waals surface area (Å²) in [6.45, 7) is 17.4. The number of carboxylic acids is 1. The van der Waals surface area contributed by atoms with E-state index in [-0.39, 0.29) is 42.9 Å². The number of aliphatic carboxylic acids is 1. The van der Waals surface area contributed by atoms with Gasteiger partial charge in [0.25, 0.3) is 0 Å². The van der Waals surface area contributed by atoms with E-state index in [1.54, 1.807) is 0 Å². The van der Waals surface area contributed by atoms with Gasteiger partial charge in [0.05, 0.1) is 152 Å². The molecule has 0 bridgehead atoms. The Hall–Kier alpha value is -2.40. The lowest BCUT2D eigenvalue weighted by Crippen LogP contribution is -2.41. The predicted octanol–water partition coefficient (Wildman–Crippen LogP) is 6.14. The molecule has 3 N–H and O–H groups in total. The first-order chi connectivity index (χ1) is 34.8. The lowest BCUT2D eigenvalue weighted by molar-refractivity contribution is -0.142. The van der Waals surface area contributed by atoms with Crippen molar-refractivity contribution in [2.24, 2.45) is 5.92 Å². The molecule has 0 aliphatic heterocycles. The van der Waals surface area contributed by atoms with Crippen LogP contribution in [0.2, 0.25) is 0 Å². The third-order valence-corrected chi connectivity index (χ3v) is 10.8. The van der Waals surface area contributed by atoms with Gasteiger partial charge in [-0.05, 0) is 19.3 Å². The van der Waals surface area contributed by atoms with Crippen LogP contribution in [0.5, 0.6) is 0 Å². The number of ether oxygens (including phenoxy) is 12. The summed E-state index contributed by atoms with van der Waals surface area (Å²) in [5.41, 5.74) is 0. The zero-order chi connectivity index (χ0) is 51.8. The molecule has 0 aromatic carbocycles. The molecule has 0 unspecified atom stereocenters. The molecule has 2 amide bonds. The first kappa shape index (κ1) is 68.6. The third kappa shape index (κ3) is 55.2. The van der Waals surface area contributed by atoms with Crippen molar-refractivity contribution in [3.8, 4) is 0 Å². The van der Waals surface area contributed by atoms with Crippen molar-refractivity contribution in [2.75, 3.05) is 165 Å². The molecule has 0 aromatic rings. The molecule has 1 atom stereocenters. The van der Waals surface area contributed by atoms with Crippen LogP contribution in [0.3, 0.4) is 0 Å². The lowest BCUT2D eigenvalue weighted by atomic mass is 10.0. The standard InChI is InChI=1S/C52H100N2O17/c1-4-5-6-7-8-9-10-11-12-13-14-15-16-19-51(57)54-48(52(58)59)20-21-50(56)53-22-24-61-26-28-63-30-32-65-34-36-67-38-40-69-42-44-71-46-45-70-43-41-68-39-37-66-35-33-64-31-29-62-27-25-60-23-17-18-49(55)47(2)3/h47-48H,4-46H2,1-3H3,(H,53,56)(H,54,57)(H,58,59)/t48-/m1/s1. The number of ketones is 1. The second kappa shape index (κ2) is 56.9. The number of rotatable bonds is 60. The summed E-state index contributed by atoms with van der Waals surface area (Å²) >= 11 is 0. The van der Waals surface area contributed by atoms with Crippen LogP contribution in [0.1, 0.15) is 136 Å². The van der Waals surface area contributed by atoms with Gasteiger partial charge in [0.1, 0.15) is 11.8 Å². The van der Waals surface area contributed by atoms with Crippen molar-refractivity contribution in [2.45, 2.75) is 142 Å². The molecule has 0 spiro atoms. The smallest absolute Gasteiger partial charge is 0.326 e. The number of hydrogen-bond acceptors (Lipinski definition) is 16. The van der Waals surface area contributed by atoms with Crippen molar-refractivity contribution in [1.82, 2.24) is 10.6 Å². The maximum Gasteiger partial charge on any atom is 0.326 e. The Balaban J connectivity index is 3.35. The summed E-state index contributed by atoms with van der Waals surface area (Å²) in [5, 5.41) is 14.8. The highest BCUT2D eigenvalue weighted by Gasteiger charge is 2.21. The van der Waals surface area contributed by atoms with Gasteiger partial charge in [-0.1, -0.05) is 97.8 Å². The molecule has 0 saturated carbocycles. The molecule has 19 heteroatoms. The first-order valence-corrected chi connectivity index (χ1v) is 27.0. The first-order valence-electron chi connectivity index (χ1n) is 27.0. The van der Waals surface area contributed by atoms with Gasteiger partial charge in [-0.15, -0.1) is 0 Å². The fourth-order valence-electron chi connectivity index (χ4n) is 6.61. The quantitative estimate of drug-likeness (QED) is 0.0582. The number of carbonyl (C=O) groups is 4. The summed E-state index contributed by atoms with van der Waals surface area (Å²) in [4.78, 5) is 47.7. The average Bonchev–Trinajstić information content (AvgIpc) is 3.35. The molecule has 0 radical (unpaired) electrons. The van der Waals surface area contributed by atoms with Crippen molar-refractivity contribution < 1.29 is 81.1 Å². The second-order valence-corrected chi connectivity index (χ2v) is 17.4. The second-order valence-electron chi connectivity index (χ2n) is 17.4. The van der Waals surface area contributed by atoms with Crippen LogP contribution in [0.25, 0.3) is 0 Å². The van der Waals surface area contributed by atoms with Crippen LogP contribution >= 0.6 is 0 Å². The minimum absolute atomic E-state index is 0.00919. The van der Waals surface area contributed by atoms with E-state index in [1.165, 1.54) is 64.2 Å². The Bertz CT molecular complexity index is 1170. The summed E-state index contributed by atoms with van der Waals surface area (Å²) in [6.07, 6.45) is 17.4. The monoisotopic (exact) mass is 1020 g/mol. The maximum atomic E-state index is 12.3. The average molecular weight is 1030 g/mol. The Labute approximate surface area is 427 Å². The number of carbonyl (C=O) groups excluding carboxylic acids is 3. The number of Topliss-reactive ketones (excluding diaryl/α,β-unsaturated/α-hetero) is 1. The topological polar surface area (TPSA) is 223 Å². The van der Waals surface area contributed by atoms with Crippen LogP contribution < -0.4 is 10.6 Å². The molecule has 0 saturated heterocycles. The van der Waals surface area contributed by atoms with Crippen LogP contribution in [0.15, 0.2) is 0 Å². The number of nitrogens with one attached hydrogen (secondary N) is 2. The normalized spacial score (nSPS) is 11.9. The minimum Gasteiger partial charge on any atom is -0.480 e.